The molecule has 16 heteroatoms. The Labute approximate surface area is 456 Å². The molecule has 0 saturated heterocycles. The molecule has 0 N–H and O–H groups in total. The molecule has 0 aliphatic carbocycles. The van der Waals surface area contributed by atoms with Gasteiger partial charge in [0.05, 0.1) is 35.5 Å². The SMILES string of the molecule is CCCCCCCCOc1cc(/C=C/c2ccc3c(c2)C(=O)N(CCC[Si](OCC)(OCC)OCC)C3=O)c(OCCCCCCCC)cc1/C=C/c1ccc2c(c1)C(=O)N(CCC[Si](OCC)(OCC)OCC)C2=O. The number of rotatable bonds is 40. The molecule has 0 spiro atoms. The zero-order valence-corrected chi connectivity index (χ0v) is 49.1. The van der Waals surface area contributed by atoms with Gasteiger partial charge in [0.15, 0.2) is 0 Å². The smallest absolute Gasteiger partial charge is 0.493 e. The van der Waals surface area contributed by atoms with Crippen molar-refractivity contribution in [3.8, 4) is 11.5 Å². The maximum atomic E-state index is 13.8. The first-order valence-electron chi connectivity index (χ1n) is 28.6. The first-order chi connectivity index (χ1) is 37.0. The third-order valence-corrected chi connectivity index (χ3v) is 19.8. The largest absolute Gasteiger partial charge is 0.500 e. The van der Waals surface area contributed by atoms with E-state index in [-0.39, 0.29) is 36.7 Å². The van der Waals surface area contributed by atoms with Crippen molar-refractivity contribution >= 4 is 65.5 Å². The van der Waals surface area contributed by atoms with Crippen LogP contribution >= 0.6 is 0 Å². The van der Waals surface area contributed by atoms with E-state index in [4.69, 9.17) is 36.0 Å². The number of ether oxygens (including phenoxy) is 2. The van der Waals surface area contributed by atoms with Crippen LogP contribution in [-0.2, 0) is 26.6 Å². The highest BCUT2D eigenvalue weighted by Gasteiger charge is 2.43. The van der Waals surface area contributed by atoms with Crippen molar-refractivity contribution in [2.24, 2.45) is 0 Å². The summed E-state index contributed by atoms with van der Waals surface area (Å²) in [6, 6.07) is 15.7. The summed E-state index contributed by atoms with van der Waals surface area (Å²) in [5, 5.41) is 0. The fraction of sp³-hybridized carbons (Fsp3) is 0.567. The summed E-state index contributed by atoms with van der Waals surface area (Å²) < 4.78 is 49.3. The Kier molecular flexibility index (Phi) is 26.8. The lowest BCUT2D eigenvalue weighted by Crippen LogP contribution is -2.46. The quantitative estimate of drug-likeness (QED) is 0.0231. The number of imide groups is 2. The Morgan fingerprint density at radius 1 is 0.382 bits per heavy atom. The van der Waals surface area contributed by atoms with E-state index in [0.29, 0.717) is 112 Å². The molecular weight excluding hydrogens is 997 g/mol. The van der Waals surface area contributed by atoms with Crippen molar-refractivity contribution in [2.45, 2.75) is 157 Å². The molecule has 4 amide bonds. The molecule has 76 heavy (non-hydrogen) atoms. The van der Waals surface area contributed by atoms with Crippen LogP contribution in [0.1, 0.15) is 209 Å². The molecule has 14 nitrogen and oxygen atoms in total. The van der Waals surface area contributed by atoms with Gasteiger partial charge in [0.2, 0.25) is 0 Å². The zero-order valence-electron chi connectivity index (χ0n) is 47.1. The molecule has 0 saturated carbocycles. The average Bonchev–Trinajstić information content (AvgIpc) is 3.79. The second kappa shape index (κ2) is 32.8. The lowest BCUT2D eigenvalue weighted by atomic mass is 10.0. The van der Waals surface area contributed by atoms with E-state index in [1.54, 1.807) is 24.3 Å². The second-order valence-electron chi connectivity index (χ2n) is 19.1. The molecule has 418 valence electrons. The van der Waals surface area contributed by atoms with Gasteiger partial charge in [-0.25, -0.2) is 0 Å². The number of nitrogens with zero attached hydrogens (tertiary/aromatic N) is 2. The minimum absolute atomic E-state index is 0.229. The standard InChI is InChI=1S/C60H88N2O12Si2/c1-9-17-19-21-23-25-39-67-55-45-50(34-30-48-32-36-52-54(44-48)60(66)62(58(52)64)38-28-42-76(72-14-6,73-15-7)74-16-8)56(68-40-26-24-22-20-18-10-2)46-49(55)33-29-47-31-35-51-53(43-47)59(65)61(57(51)63)37-27-41-75(69-11-3,70-12-4)71-13-5/h29-36,43-46H,9-28,37-42H2,1-8H3/b33-29+,34-30+. The number of hydrogen-bond acceptors (Lipinski definition) is 12. The highest BCUT2D eigenvalue weighted by molar-refractivity contribution is 6.61. The van der Waals surface area contributed by atoms with Crippen LogP contribution in [-0.4, -0.2) is 117 Å². The van der Waals surface area contributed by atoms with Gasteiger partial charge < -0.3 is 36.0 Å². The lowest BCUT2D eigenvalue weighted by Gasteiger charge is -2.29. The fourth-order valence-electron chi connectivity index (χ4n) is 9.74. The number of hydrogen-bond donors (Lipinski definition) is 0. The van der Waals surface area contributed by atoms with Gasteiger partial charge in [-0.1, -0.05) is 114 Å². The molecule has 0 unspecified atom stereocenters. The average molecular weight is 1090 g/mol. The summed E-state index contributed by atoms with van der Waals surface area (Å²) in [4.78, 5) is 57.5. The molecule has 2 aliphatic heterocycles. The molecule has 0 atom stereocenters. The number of unbranched alkanes of at least 4 members (excludes halogenated alkanes) is 10. The van der Waals surface area contributed by atoms with Gasteiger partial charge in [-0.05, 0) is 115 Å². The maximum Gasteiger partial charge on any atom is 0.500 e. The monoisotopic (exact) mass is 1080 g/mol. The predicted molar refractivity (Wildman–Crippen MR) is 306 cm³/mol. The van der Waals surface area contributed by atoms with Crippen LogP contribution in [0.4, 0.5) is 0 Å². The van der Waals surface area contributed by atoms with E-state index < -0.39 is 17.6 Å². The highest BCUT2D eigenvalue weighted by atomic mass is 28.4. The van der Waals surface area contributed by atoms with Gasteiger partial charge in [0.25, 0.3) is 23.6 Å². The van der Waals surface area contributed by atoms with Gasteiger partial charge in [-0.3, -0.25) is 29.0 Å². The summed E-state index contributed by atoms with van der Waals surface area (Å²) in [6.45, 7) is 20.1. The van der Waals surface area contributed by atoms with Gasteiger partial charge in [0.1, 0.15) is 11.5 Å². The molecule has 2 heterocycles. The van der Waals surface area contributed by atoms with Crippen molar-refractivity contribution in [3.05, 3.63) is 93.0 Å². The van der Waals surface area contributed by atoms with Crippen LogP contribution in [0, 0.1) is 0 Å². The summed E-state index contributed by atoms with van der Waals surface area (Å²) in [6.07, 6.45) is 22.3. The first kappa shape index (κ1) is 62.1. The topological polar surface area (TPSA) is 149 Å². The van der Waals surface area contributed by atoms with E-state index in [0.717, 1.165) is 60.8 Å². The summed E-state index contributed by atoms with van der Waals surface area (Å²) in [5.74, 6) is 0.0809. The van der Waals surface area contributed by atoms with Crippen molar-refractivity contribution in [1.82, 2.24) is 9.80 Å². The van der Waals surface area contributed by atoms with Crippen LogP contribution in [0.2, 0.25) is 12.1 Å². The van der Waals surface area contributed by atoms with Crippen molar-refractivity contribution < 1.29 is 55.2 Å². The van der Waals surface area contributed by atoms with E-state index in [9.17, 15) is 19.2 Å². The van der Waals surface area contributed by atoms with E-state index in [1.807, 2.05) is 90.1 Å². The minimum Gasteiger partial charge on any atom is -0.493 e. The Morgan fingerprint density at radius 2 is 0.711 bits per heavy atom. The first-order valence-corrected chi connectivity index (χ1v) is 32.5. The van der Waals surface area contributed by atoms with Gasteiger partial charge in [0, 0.05) is 75.9 Å². The van der Waals surface area contributed by atoms with Crippen LogP contribution in [0.15, 0.2) is 48.5 Å². The molecule has 0 bridgehead atoms. The van der Waals surface area contributed by atoms with Gasteiger partial charge in [-0.2, -0.15) is 0 Å². The lowest BCUT2D eigenvalue weighted by molar-refractivity contribution is 0.0608. The number of fused-ring (bicyclic) bond motifs is 2. The molecular formula is C60H88N2O12Si2. The van der Waals surface area contributed by atoms with E-state index >= 15 is 0 Å². The second-order valence-corrected chi connectivity index (χ2v) is 24.6. The van der Waals surface area contributed by atoms with E-state index in [1.165, 1.54) is 48.3 Å². The molecule has 0 radical (unpaired) electrons. The zero-order chi connectivity index (χ0) is 54.8. The summed E-state index contributed by atoms with van der Waals surface area (Å²) >= 11 is 0. The number of carbonyl (C=O) groups excluding carboxylic acids is 4. The number of carbonyl (C=O) groups is 4. The third kappa shape index (κ3) is 17.6. The molecule has 3 aromatic rings. The Hall–Kier alpha value is -4.79. The third-order valence-electron chi connectivity index (χ3n) is 13.5. The predicted octanol–water partition coefficient (Wildman–Crippen LogP) is 13.6. The van der Waals surface area contributed by atoms with Crippen molar-refractivity contribution in [1.29, 1.82) is 0 Å². The van der Waals surface area contributed by atoms with Crippen LogP contribution in [0.25, 0.3) is 24.3 Å². The Morgan fingerprint density at radius 3 is 1.05 bits per heavy atom. The van der Waals surface area contributed by atoms with Crippen molar-refractivity contribution in [2.75, 3.05) is 65.9 Å². The molecule has 5 rings (SSSR count). The van der Waals surface area contributed by atoms with Crippen molar-refractivity contribution in [3.63, 3.8) is 0 Å². The van der Waals surface area contributed by atoms with Crippen LogP contribution in [0.5, 0.6) is 11.5 Å². The normalized spacial score (nSPS) is 13.8. The number of amides is 4. The summed E-state index contributed by atoms with van der Waals surface area (Å²) in [5.41, 5.74) is 4.64. The van der Waals surface area contributed by atoms with Crippen LogP contribution in [0.3, 0.4) is 0 Å². The van der Waals surface area contributed by atoms with E-state index in [2.05, 4.69) is 13.8 Å². The van der Waals surface area contributed by atoms with Gasteiger partial charge in [-0.15, -0.1) is 0 Å². The van der Waals surface area contributed by atoms with Crippen LogP contribution < -0.4 is 9.47 Å². The molecule has 2 aliphatic rings. The molecule has 0 aromatic heterocycles. The number of benzene rings is 3. The Bertz CT molecular complexity index is 2190. The maximum absolute atomic E-state index is 13.8. The highest BCUT2D eigenvalue weighted by Crippen LogP contribution is 2.35. The molecule has 3 aromatic carbocycles. The minimum atomic E-state index is -2.95. The Balaban J connectivity index is 1.41. The summed E-state index contributed by atoms with van der Waals surface area (Å²) in [7, 11) is -5.89. The molecule has 0 fully saturated rings. The fourth-order valence-corrected chi connectivity index (χ4v) is 14.9. The van der Waals surface area contributed by atoms with Gasteiger partial charge >= 0.3 is 17.6 Å².